The zero-order valence-corrected chi connectivity index (χ0v) is 33.0. The Morgan fingerprint density at radius 2 is 1.81 bits per heavy atom. The summed E-state index contributed by atoms with van der Waals surface area (Å²) in [6.07, 6.45) is 2.01. The highest BCUT2D eigenvalue weighted by Crippen LogP contribution is 2.42. The number of pyridine rings is 1. The van der Waals surface area contributed by atoms with Crippen molar-refractivity contribution < 1.29 is 52.7 Å². The molecular weight excluding hydrogens is 686 g/mol. The van der Waals surface area contributed by atoms with Crippen molar-refractivity contribution in [2.45, 2.75) is 129 Å². The van der Waals surface area contributed by atoms with Crippen LogP contribution in [0.5, 0.6) is 0 Å². The van der Waals surface area contributed by atoms with Crippen LogP contribution in [-0.4, -0.2) is 120 Å². The van der Waals surface area contributed by atoms with Gasteiger partial charge in [0.2, 0.25) is 0 Å². The van der Waals surface area contributed by atoms with Gasteiger partial charge in [0, 0.05) is 43.3 Å². The number of aliphatic hydroxyl groups is 1. The average Bonchev–Trinajstić information content (AvgIpc) is 3.44. The van der Waals surface area contributed by atoms with Crippen LogP contribution in [-0.2, 0) is 42.8 Å². The fourth-order valence-corrected chi connectivity index (χ4v) is 8.05. The predicted molar refractivity (Wildman–Crippen MR) is 196 cm³/mol. The molecule has 13 atom stereocenters. The van der Waals surface area contributed by atoms with Crippen LogP contribution in [0.25, 0.3) is 6.08 Å². The molecule has 3 aliphatic rings. The van der Waals surface area contributed by atoms with Gasteiger partial charge in [0.1, 0.15) is 24.7 Å². The molecule has 296 valence electrons. The summed E-state index contributed by atoms with van der Waals surface area (Å²) in [7, 11) is 5.29. The number of Topliss-reactive ketones (excluding diaryl/α,β-unsaturated/α-hetero) is 1. The van der Waals surface area contributed by atoms with Crippen molar-refractivity contribution in [3.8, 4) is 0 Å². The minimum Gasteiger partial charge on any atom is -0.457 e. The third-order valence-corrected chi connectivity index (χ3v) is 11.1. The molecule has 1 aromatic heterocycles. The van der Waals surface area contributed by atoms with E-state index < -0.39 is 83.5 Å². The van der Waals surface area contributed by atoms with E-state index in [2.05, 4.69) is 10.1 Å². The fraction of sp³-hybridized carbons (Fsp3) is 0.718. The summed E-state index contributed by atoms with van der Waals surface area (Å²) in [4.78, 5) is 52.7. The standard InChI is InChI=1S/C39H59N3O11/c1-12-29-39(8)34(52-37(46)53-39)24(4)30(41-48-18-14-16-27-15-13-17-40-21-27)22(2)20-38(7,47-11)33(25(5)31(43)26(6)35(45)50-29)51-36-32(44)28(42(9)10)19-23(3)49-36/h13-17,21-26,28-29,32-34,36,44H,12,18-20H2,1-11H3/b16-14+,41-30+/t22-,23-,24+,25+,26-,28+,29-,32-,33-,34-,36+,38-,39-/m1/s1. The molecule has 3 aliphatic heterocycles. The van der Waals surface area contributed by atoms with Crippen LogP contribution >= 0.6 is 0 Å². The Balaban J connectivity index is 1.79. The van der Waals surface area contributed by atoms with Gasteiger partial charge in [-0.2, -0.15) is 0 Å². The van der Waals surface area contributed by atoms with E-state index in [0.29, 0.717) is 12.1 Å². The normalized spacial score (nSPS) is 39.7. The minimum atomic E-state index is -1.41. The van der Waals surface area contributed by atoms with Crippen molar-refractivity contribution in [3.63, 3.8) is 0 Å². The Kier molecular flexibility index (Phi) is 14.2. The number of aromatic nitrogens is 1. The number of methoxy groups -OCH3 is 1. The van der Waals surface area contributed by atoms with Gasteiger partial charge in [-0.25, -0.2) is 4.79 Å². The van der Waals surface area contributed by atoms with Gasteiger partial charge in [-0.3, -0.25) is 14.6 Å². The van der Waals surface area contributed by atoms with Gasteiger partial charge in [-0.1, -0.05) is 45.0 Å². The summed E-state index contributed by atoms with van der Waals surface area (Å²) in [6, 6.07) is 3.48. The van der Waals surface area contributed by atoms with Gasteiger partial charge in [0.25, 0.3) is 0 Å². The Hall–Kier alpha value is -3.43. The first kappa shape index (κ1) is 42.3. The summed E-state index contributed by atoms with van der Waals surface area (Å²) in [6.45, 7) is 14.3. The van der Waals surface area contributed by atoms with Crippen molar-refractivity contribution >= 4 is 29.7 Å². The van der Waals surface area contributed by atoms with Crippen molar-refractivity contribution in [2.75, 3.05) is 27.8 Å². The second-order valence-electron chi connectivity index (χ2n) is 15.4. The van der Waals surface area contributed by atoms with Crippen LogP contribution in [0.1, 0.15) is 80.2 Å². The molecule has 0 amide bonds. The first-order chi connectivity index (χ1) is 25.0. The third-order valence-electron chi connectivity index (χ3n) is 11.1. The number of rotatable bonds is 9. The number of nitrogens with zero attached hydrogens (tertiary/aromatic N) is 3. The summed E-state index contributed by atoms with van der Waals surface area (Å²) in [5.41, 5.74) is -1.20. The maximum Gasteiger partial charge on any atom is 0.509 e. The second kappa shape index (κ2) is 17.8. The maximum absolute atomic E-state index is 14.2. The number of carbonyl (C=O) groups excluding carboxylic acids is 3. The minimum absolute atomic E-state index is 0.129. The molecule has 1 aromatic rings. The molecule has 0 saturated carbocycles. The van der Waals surface area contributed by atoms with E-state index in [0.717, 1.165) is 5.56 Å². The van der Waals surface area contributed by atoms with Gasteiger partial charge < -0.3 is 43.3 Å². The number of fused-ring (bicyclic) bond motifs is 1. The van der Waals surface area contributed by atoms with Gasteiger partial charge in [-0.05, 0) is 78.8 Å². The van der Waals surface area contributed by atoms with Gasteiger partial charge in [0.05, 0.1) is 23.5 Å². The van der Waals surface area contributed by atoms with E-state index in [-0.39, 0.29) is 31.6 Å². The van der Waals surface area contributed by atoms with Crippen LogP contribution in [0.15, 0.2) is 35.8 Å². The van der Waals surface area contributed by atoms with E-state index in [1.807, 2.05) is 71.0 Å². The average molecular weight is 746 g/mol. The molecule has 0 aromatic carbocycles. The summed E-state index contributed by atoms with van der Waals surface area (Å²) >= 11 is 0. The van der Waals surface area contributed by atoms with Crippen molar-refractivity contribution in [3.05, 3.63) is 36.2 Å². The lowest BCUT2D eigenvalue weighted by Gasteiger charge is -2.47. The Morgan fingerprint density at radius 3 is 2.43 bits per heavy atom. The highest BCUT2D eigenvalue weighted by molar-refractivity contribution is 6.00. The predicted octanol–water partition coefficient (Wildman–Crippen LogP) is 4.82. The molecule has 1 N–H and O–H groups in total. The molecule has 3 saturated heterocycles. The van der Waals surface area contributed by atoms with E-state index >= 15 is 0 Å². The molecule has 0 bridgehead atoms. The van der Waals surface area contributed by atoms with E-state index in [9.17, 15) is 19.5 Å². The Morgan fingerprint density at radius 1 is 1.09 bits per heavy atom. The number of hydrogen-bond acceptors (Lipinski definition) is 14. The van der Waals surface area contributed by atoms with Crippen molar-refractivity contribution in [2.24, 2.45) is 28.8 Å². The van der Waals surface area contributed by atoms with Crippen LogP contribution in [0, 0.1) is 23.7 Å². The summed E-state index contributed by atoms with van der Waals surface area (Å²) in [5.74, 6) is -4.37. The monoisotopic (exact) mass is 745 g/mol. The molecule has 14 nitrogen and oxygen atoms in total. The highest BCUT2D eigenvalue weighted by atomic mass is 16.8. The fourth-order valence-electron chi connectivity index (χ4n) is 8.05. The van der Waals surface area contributed by atoms with Crippen LogP contribution in [0.4, 0.5) is 4.79 Å². The van der Waals surface area contributed by atoms with Crippen LogP contribution < -0.4 is 0 Å². The van der Waals surface area contributed by atoms with Crippen molar-refractivity contribution in [1.29, 1.82) is 0 Å². The third kappa shape index (κ3) is 9.45. The first-order valence-electron chi connectivity index (χ1n) is 18.6. The van der Waals surface area contributed by atoms with Gasteiger partial charge in [-0.15, -0.1) is 0 Å². The molecule has 0 radical (unpaired) electrons. The maximum atomic E-state index is 14.2. The number of carbonyl (C=O) groups is 3. The number of esters is 1. The number of ketones is 1. The van der Waals surface area contributed by atoms with E-state index in [1.54, 1.807) is 33.2 Å². The molecule has 0 aliphatic carbocycles. The number of likely N-dealkylation sites (N-methyl/N-ethyl adjacent to an activating group) is 1. The molecular formula is C39H59N3O11. The topological polar surface area (TPSA) is 165 Å². The summed E-state index contributed by atoms with van der Waals surface area (Å²) in [5, 5.41) is 16.1. The molecule has 3 fully saturated rings. The number of hydrogen-bond donors (Lipinski definition) is 1. The highest BCUT2D eigenvalue weighted by Gasteiger charge is 2.58. The number of ether oxygens (including phenoxy) is 6. The van der Waals surface area contributed by atoms with E-state index in [4.69, 9.17) is 33.3 Å². The second-order valence-corrected chi connectivity index (χ2v) is 15.4. The molecule has 53 heavy (non-hydrogen) atoms. The first-order valence-corrected chi connectivity index (χ1v) is 18.6. The van der Waals surface area contributed by atoms with Crippen molar-refractivity contribution in [1.82, 2.24) is 9.88 Å². The van der Waals surface area contributed by atoms with E-state index in [1.165, 1.54) is 14.0 Å². The zero-order valence-electron chi connectivity index (χ0n) is 33.0. The van der Waals surface area contributed by atoms with Gasteiger partial charge >= 0.3 is 12.1 Å². The largest absolute Gasteiger partial charge is 0.509 e. The molecule has 4 heterocycles. The van der Waals surface area contributed by atoms with Crippen LogP contribution in [0.2, 0.25) is 0 Å². The lowest BCUT2D eigenvalue weighted by Crippen LogP contribution is -2.59. The Bertz CT molecular complexity index is 1470. The smallest absolute Gasteiger partial charge is 0.457 e. The lowest BCUT2D eigenvalue weighted by molar-refractivity contribution is -0.295. The molecule has 14 heteroatoms. The number of oxime groups is 1. The Labute approximate surface area is 313 Å². The van der Waals surface area contributed by atoms with Gasteiger partial charge in [0.15, 0.2) is 23.8 Å². The number of aliphatic hydroxyl groups excluding tert-OH is 1. The molecule has 0 unspecified atom stereocenters. The lowest BCUT2D eigenvalue weighted by atomic mass is 9.74. The zero-order chi connectivity index (χ0) is 39.2. The van der Waals surface area contributed by atoms with Crippen LogP contribution in [0.3, 0.4) is 0 Å². The summed E-state index contributed by atoms with van der Waals surface area (Å²) < 4.78 is 36.7. The quantitative estimate of drug-likeness (QED) is 0.159. The SMILES string of the molecule is CC[C@H]1OC(=O)[C@H](C)C(=O)[C@H](C)[C@@H](O[C@@H]2O[C@H](C)C[C@H](N(C)C)[C@H]2O)[C@](C)(OC)C[C@@H](C)/C(=N\OC/C=C/c2cccnc2)[C@H](C)[C@H]2OC(=O)O[C@@]21C. The molecule has 0 spiro atoms. The molecule has 4 rings (SSSR count). The number of cyclic esters (lactones) is 1.